The van der Waals surface area contributed by atoms with Crippen molar-refractivity contribution in [2.75, 3.05) is 42.7 Å². The normalized spacial score (nSPS) is 19.4. The van der Waals surface area contributed by atoms with Gasteiger partial charge in [0.05, 0.1) is 13.2 Å². The molecule has 2 aliphatic heterocycles. The molecule has 0 radical (unpaired) electrons. The number of hydrogen-bond acceptors (Lipinski definition) is 7. The summed E-state index contributed by atoms with van der Waals surface area (Å²) in [6.07, 6.45) is 4.58. The minimum atomic E-state index is -0.189. The lowest BCUT2D eigenvalue weighted by Crippen LogP contribution is -2.36. The summed E-state index contributed by atoms with van der Waals surface area (Å²) in [6, 6.07) is 7.49. The Balaban J connectivity index is 1.35. The molecule has 2 saturated heterocycles. The van der Waals surface area contributed by atoms with Crippen molar-refractivity contribution in [3.8, 4) is 5.88 Å². The van der Waals surface area contributed by atoms with Crippen LogP contribution in [0.3, 0.4) is 0 Å². The van der Waals surface area contributed by atoms with E-state index in [1.807, 2.05) is 30.1 Å². The van der Waals surface area contributed by atoms with E-state index >= 15 is 0 Å². The van der Waals surface area contributed by atoms with Crippen LogP contribution in [0.5, 0.6) is 5.88 Å². The molecular weight excluding hydrogens is 376 g/mol. The molecule has 2 aromatic heterocycles. The minimum Gasteiger partial charge on any atom is -0.473 e. The van der Waals surface area contributed by atoms with Crippen LogP contribution in [-0.4, -0.2) is 59.8 Å². The second kappa shape index (κ2) is 9.25. The first kappa shape index (κ1) is 19.0. The van der Waals surface area contributed by atoms with Gasteiger partial charge in [-0.05, 0) is 35.9 Å². The van der Waals surface area contributed by atoms with Crippen molar-refractivity contribution in [2.45, 2.75) is 19.1 Å². The first-order valence-electron chi connectivity index (χ1n) is 9.55. The summed E-state index contributed by atoms with van der Waals surface area (Å²) < 4.78 is 11.3. The summed E-state index contributed by atoms with van der Waals surface area (Å²) >= 11 is 1.86. The summed E-state index contributed by atoms with van der Waals surface area (Å²) in [6.45, 7) is 3.57. The predicted molar refractivity (Wildman–Crippen MR) is 109 cm³/mol. The van der Waals surface area contributed by atoms with Gasteiger partial charge < -0.3 is 19.7 Å². The number of aromatic nitrogens is 2. The van der Waals surface area contributed by atoms with Gasteiger partial charge in [-0.25, -0.2) is 9.97 Å². The van der Waals surface area contributed by atoms with Gasteiger partial charge in [0.25, 0.3) is 5.91 Å². The van der Waals surface area contributed by atoms with Crippen LogP contribution < -0.4 is 15.0 Å². The molecule has 1 unspecified atom stereocenters. The molecule has 1 N–H and O–H groups in total. The van der Waals surface area contributed by atoms with Crippen LogP contribution in [0.4, 0.5) is 5.82 Å². The Labute approximate surface area is 168 Å². The molecule has 1 atom stereocenters. The van der Waals surface area contributed by atoms with Crippen molar-refractivity contribution in [3.63, 3.8) is 0 Å². The van der Waals surface area contributed by atoms with Gasteiger partial charge in [-0.3, -0.25) is 4.79 Å². The highest BCUT2D eigenvalue weighted by molar-refractivity contribution is 7.99. The zero-order chi connectivity index (χ0) is 19.2. The number of rotatable bonds is 6. The van der Waals surface area contributed by atoms with Crippen molar-refractivity contribution >= 4 is 23.5 Å². The fourth-order valence-electron chi connectivity index (χ4n) is 3.20. The van der Waals surface area contributed by atoms with Gasteiger partial charge in [-0.15, -0.1) is 0 Å². The summed E-state index contributed by atoms with van der Waals surface area (Å²) in [7, 11) is 0. The fourth-order valence-corrected chi connectivity index (χ4v) is 4.29. The van der Waals surface area contributed by atoms with Gasteiger partial charge in [0.1, 0.15) is 17.5 Å². The fraction of sp³-hybridized carbons (Fsp3) is 0.450. The SMILES string of the molecule is O=C(NCc1ccc(N2CCOCC2)nc1)c1cccnc1OC1CCSC1. The van der Waals surface area contributed by atoms with E-state index < -0.39 is 0 Å². The lowest BCUT2D eigenvalue weighted by atomic mass is 10.2. The Morgan fingerprint density at radius 1 is 1.29 bits per heavy atom. The molecule has 0 aromatic carbocycles. The van der Waals surface area contributed by atoms with Gasteiger partial charge >= 0.3 is 0 Å². The Bertz CT molecular complexity index is 790. The van der Waals surface area contributed by atoms with Crippen molar-refractivity contribution in [1.82, 2.24) is 15.3 Å². The molecule has 4 rings (SSSR count). The third-order valence-corrected chi connectivity index (χ3v) is 5.91. The smallest absolute Gasteiger partial charge is 0.257 e. The van der Waals surface area contributed by atoms with Gasteiger partial charge in [-0.1, -0.05) is 6.07 Å². The minimum absolute atomic E-state index is 0.128. The highest BCUT2D eigenvalue weighted by Crippen LogP contribution is 2.24. The van der Waals surface area contributed by atoms with Gasteiger partial charge in [-0.2, -0.15) is 11.8 Å². The number of nitrogens with zero attached hydrogens (tertiary/aromatic N) is 3. The highest BCUT2D eigenvalue weighted by atomic mass is 32.2. The molecule has 0 bridgehead atoms. The van der Waals surface area contributed by atoms with Crippen LogP contribution in [0.2, 0.25) is 0 Å². The summed E-state index contributed by atoms with van der Waals surface area (Å²) in [5, 5.41) is 2.94. The van der Waals surface area contributed by atoms with E-state index in [1.165, 1.54) is 0 Å². The number of hydrogen-bond donors (Lipinski definition) is 1. The molecule has 0 saturated carbocycles. The van der Waals surface area contributed by atoms with E-state index in [0.717, 1.165) is 55.6 Å². The van der Waals surface area contributed by atoms with Gasteiger partial charge in [0.2, 0.25) is 5.88 Å². The van der Waals surface area contributed by atoms with Crippen LogP contribution >= 0.6 is 11.8 Å². The van der Waals surface area contributed by atoms with Crippen LogP contribution in [-0.2, 0) is 11.3 Å². The Hall–Kier alpha value is -2.32. The largest absolute Gasteiger partial charge is 0.473 e. The standard InChI is InChI=1S/C20H24N4O3S/c25-19(17-2-1-6-21-20(17)27-16-5-11-28-14-16)23-13-15-3-4-18(22-12-15)24-7-9-26-10-8-24/h1-4,6,12,16H,5,7-11,13-14H2,(H,23,25). The molecule has 1 amide bonds. The second-order valence-corrected chi connectivity index (χ2v) is 7.92. The summed E-state index contributed by atoms with van der Waals surface area (Å²) in [4.78, 5) is 23.6. The Morgan fingerprint density at radius 3 is 2.93 bits per heavy atom. The summed E-state index contributed by atoms with van der Waals surface area (Å²) in [5.74, 6) is 3.20. The third-order valence-electron chi connectivity index (χ3n) is 4.78. The number of thioether (sulfide) groups is 1. The molecule has 7 nitrogen and oxygen atoms in total. The van der Waals surface area contributed by atoms with Crippen molar-refractivity contribution in [1.29, 1.82) is 0 Å². The number of pyridine rings is 2. The molecule has 0 aliphatic carbocycles. The van der Waals surface area contributed by atoms with Gasteiger partial charge in [0.15, 0.2) is 0 Å². The quantitative estimate of drug-likeness (QED) is 0.796. The number of carbonyl (C=O) groups excluding carboxylic acids is 1. The zero-order valence-electron chi connectivity index (χ0n) is 15.7. The lowest BCUT2D eigenvalue weighted by molar-refractivity contribution is 0.0943. The van der Waals surface area contributed by atoms with E-state index in [2.05, 4.69) is 20.2 Å². The van der Waals surface area contributed by atoms with E-state index in [1.54, 1.807) is 18.3 Å². The molecule has 148 valence electrons. The Morgan fingerprint density at radius 2 is 2.18 bits per heavy atom. The number of ether oxygens (including phenoxy) is 2. The second-order valence-electron chi connectivity index (χ2n) is 6.77. The number of carbonyl (C=O) groups is 1. The molecule has 2 aliphatic rings. The van der Waals surface area contributed by atoms with Crippen LogP contribution in [0.25, 0.3) is 0 Å². The highest BCUT2D eigenvalue weighted by Gasteiger charge is 2.21. The van der Waals surface area contributed by atoms with Gasteiger partial charge in [0, 0.05) is 37.8 Å². The lowest BCUT2D eigenvalue weighted by Gasteiger charge is -2.27. The topological polar surface area (TPSA) is 76.6 Å². The van der Waals surface area contributed by atoms with E-state index in [0.29, 0.717) is 18.0 Å². The molecule has 28 heavy (non-hydrogen) atoms. The average Bonchev–Trinajstić information content (AvgIpc) is 3.26. The Kier molecular flexibility index (Phi) is 6.28. The number of amides is 1. The molecule has 4 heterocycles. The van der Waals surface area contributed by atoms with Crippen LogP contribution in [0.1, 0.15) is 22.3 Å². The zero-order valence-corrected chi connectivity index (χ0v) is 16.5. The number of anilines is 1. The van der Waals surface area contributed by atoms with Crippen LogP contribution in [0.15, 0.2) is 36.7 Å². The van der Waals surface area contributed by atoms with Crippen molar-refractivity contribution in [3.05, 3.63) is 47.8 Å². The first-order chi connectivity index (χ1) is 13.8. The first-order valence-corrected chi connectivity index (χ1v) is 10.7. The monoisotopic (exact) mass is 400 g/mol. The van der Waals surface area contributed by atoms with E-state index in [4.69, 9.17) is 9.47 Å². The van der Waals surface area contributed by atoms with E-state index in [9.17, 15) is 4.79 Å². The average molecular weight is 401 g/mol. The third kappa shape index (κ3) is 4.74. The van der Waals surface area contributed by atoms with Crippen molar-refractivity contribution in [2.24, 2.45) is 0 Å². The number of morpholine rings is 1. The molecule has 0 spiro atoms. The molecular formula is C20H24N4O3S. The number of nitrogens with one attached hydrogen (secondary N) is 1. The summed E-state index contributed by atoms with van der Waals surface area (Å²) in [5.41, 5.74) is 1.42. The maximum Gasteiger partial charge on any atom is 0.257 e. The molecule has 2 fully saturated rings. The van der Waals surface area contributed by atoms with Crippen molar-refractivity contribution < 1.29 is 14.3 Å². The maximum atomic E-state index is 12.6. The molecule has 2 aromatic rings. The van der Waals surface area contributed by atoms with Crippen LogP contribution in [0, 0.1) is 0 Å². The molecule has 8 heteroatoms. The van der Waals surface area contributed by atoms with E-state index in [-0.39, 0.29) is 12.0 Å². The predicted octanol–water partition coefficient (Wildman–Crippen LogP) is 2.13. The maximum absolute atomic E-state index is 12.6.